The number of carbonyl (C=O) groups is 1. The molecule has 1 aromatic heterocycles. The second-order valence-electron chi connectivity index (χ2n) is 6.13. The van der Waals surface area contributed by atoms with Gasteiger partial charge in [-0.05, 0) is 40.5 Å². The highest BCUT2D eigenvalue weighted by molar-refractivity contribution is 5.91. The molecule has 27 heavy (non-hydrogen) atoms. The SMILES string of the molecule is O=C(/C=C/c1ccncc1)NCc1ccc(COCc2ccccc2)cc1. The molecule has 4 heteroatoms. The number of hydrogen-bond acceptors (Lipinski definition) is 3. The molecule has 0 fully saturated rings. The standard InChI is InChI=1S/C23H22N2O2/c26-23(11-10-19-12-14-24-15-13-19)25-16-20-6-8-22(9-7-20)18-27-17-21-4-2-1-3-5-21/h1-15H,16-18H2,(H,25,26)/b11-10+. The number of aromatic nitrogens is 1. The third-order valence-corrected chi connectivity index (χ3v) is 4.00. The number of benzene rings is 2. The van der Waals surface area contributed by atoms with Crippen LogP contribution in [0.5, 0.6) is 0 Å². The number of nitrogens with one attached hydrogen (secondary N) is 1. The van der Waals surface area contributed by atoms with Crippen LogP contribution in [0.4, 0.5) is 0 Å². The van der Waals surface area contributed by atoms with Crippen molar-refractivity contribution in [3.8, 4) is 0 Å². The lowest BCUT2D eigenvalue weighted by atomic mass is 10.1. The van der Waals surface area contributed by atoms with E-state index >= 15 is 0 Å². The predicted molar refractivity (Wildman–Crippen MR) is 106 cm³/mol. The molecule has 0 aliphatic heterocycles. The van der Waals surface area contributed by atoms with Crippen molar-refractivity contribution < 1.29 is 9.53 Å². The Bertz CT molecular complexity index is 860. The van der Waals surface area contributed by atoms with Gasteiger partial charge in [-0.15, -0.1) is 0 Å². The molecular formula is C23H22N2O2. The van der Waals surface area contributed by atoms with Gasteiger partial charge in [-0.2, -0.15) is 0 Å². The first kappa shape index (κ1) is 18.5. The summed E-state index contributed by atoms with van der Waals surface area (Å²) >= 11 is 0. The van der Waals surface area contributed by atoms with Gasteiger partial charge in [0.25, 0.3) is 0 Å². The average Bonchev–Trinajstić information content (AvgIpc) is 2.73. The number of pyridine rings is 1. The van der Waals surface area contributed by atoms with E-state index in [-0.39, 0.29) is 5.91 Å². The Morgan fingerprint density at radius 2 is 1.48 bits per heavy atom. The van der Waals surface area contributed by atoms with Gasteiger partial charge >= 0.3 is 0 Å². The van der Waals surface area contributed by atoms with Gasteiger partial charge in [0.1, 0.15) is 0 Å². The molecule has 1 amide bonds. The largest absolute Gasteiger partial charge is 0.372 e. The summed E-state index contributed by atoms with van der Waals surface area (Å²) in [5.74, 6) is -0.123. The van der Waals surface area contributed by atoms with E-state index in [1.165, 1.54) is 6.08 Å². The van der Waals surface area contributed by atoms with Gasteiger partial charge in [0.15, 0.2) is 0 Å². The molecule has 2 aromatic carbocycles. The Morgan fingerprint density at radius 3 is 2.19 bits per heavy atom. The van der Waals surface area contributed by atoms with Gasteiger partial charge < -0.3 is 10.1 Å². The summed E-state index contributed by atoms with van der Waals surface area (Å²) in [5.41, 5.74) is 4.27. The molecule has 0 atom stereocenters. The molecule has 136 valence electrons. The van der Waals surface area contributed by atoms with E-state index in [9.17, 15) is 4.79 Å². The summed E-state index contributed by atoms with van der Waals surface area (Å²) in [7, 11) is 0. The van der Waals surface area contributed by atoms with Crippen LogP contribution in [-0.4, -0.2) is 10.9 Å². The number of amides is 1. The topological polar surface area (TPSA) is 51.2 Å². The molecule has 0 aliphatic rings. The van der Waals surface area contributed by atoms with Gasteiger partial charge in [0.2, 0.25) is 5.91 Å². The van der Waals surface area contributed by atoms with Crippen LogP contribution in [0.2, 0.25) is 0 Å². The molecule has 0 bridgehead atoms. The number of carbonyl (C=O) groups excluding carboxylic acids is 1. The minimum Gasteiger partial charge on any atom is -0.372 e. The Morgan fingerprint density at radius 1 is 0.852 bits per heavy atom. The van der Waals surface area contributed by atoms with Crippen molar-refractivity contribution in [3.63, 3.8) is 0 Å². The molecule has 3 rings (SSSR count). The molecule has 0 saturated carbocycles. The van der Waals surface area contributed by atoms with Crippen LogP contribution in [0.25, 0.3) is 6.08 Å². The summed E-state index contributed by atoms with van der Waals surface area (Å²) in [5, 5.41) is 2.88. The quantitative estimate of drug-likeness (QED) is 0.616. The molecule has 0 unspecified atom stereocenters. The molecule has 0 saturated heterocycles. The Balaban J connectivity index is 1.41. The van der Waals surface area contributed by atoms with Crippen LogP contribution in [0.3, 0.4) is 0 Å². The van der Waals surface area contributed by atoms with Crippen molar-refractivity contribution in [2.45, 2.75) is 19.8 Å². The minimum atomic E-state index is -0.123. The molecule has 1 heterocycles. The van der Waals surface area contributed by atoms with Gasteiger partial charge in [0, 0.05) is 25.0 Å². The lowest BCUT2D eigenvalue weighted by Gasteiger charge is -2.07. The van der Waals surface area contributed by atoms with Crippen LogP contribution in [0, 0.1) is 0 Å². The second kappa shape index (κ2) is 10.0. The molecule has 0 radical (unpaired) electrons. The number of nitrogens with zero attached hydrogens (tertiary/aromatic N) is 1. The van der Waals surface area contributed by atoms with E-state index in [0.717, 1.165) is 22.3 Å². The predicted octanol–water partition coefficient (Wildman–Crippen LogP) is 4.13. The van der Waals surface area contributed by atoms with E-state index in [4.69, 9.17) is 4.74 Å². The Kier molecular flexibility index (Phi) is 6.90. The van der Waals surface area contributed by atoms with Crippen LogP contribution in [0.1, 0.15) is 22.3 Å². The van der Waals surface area contributed by atoms with Crippen molar-refractivity contribution >= 4 is 12.0 Å². The summed E-state index contributed by atoms with van der Waals surface area (Å²) in [6, 6.07) is 21.9. The number of hydrogen-bond donors (Lipinski definition) is 1. The number of rotatable bonds is 8. The van der Waals surface area contributed by atoms with E-state index < -0.39 is 0 Å². The Hall–Kier alpha value is -3.24. The third kappa shape index (κ3) is 6.53. The van der Waals surface area contributed by atoms with Crippen molar-refractivity contribution in [2.75, 3.05) is 0 Å². The first-order valence-corrected chi connectivity index (χ1v) is 8.85. The lowest BCUT2D eigenvalue weighted by molar-refractivity contribution is -0.116. The minimum absolute atomic E-state index is 0.123. The fourth-order valence-corrected chi connectivity index (χ4v) is 2.51. The summed E-state index contributed by atoms with van der Waals surface area (Å²) in [6.45, 7) is 1.66. The molecule has 3 aromatic rings. The normalized spacial score (nSPS) is 10.8. The summed E-state index contributed by atoms with van der Waals surface area (Å²) in [6.07, 6.45) is 6.69. The molecule has 0 spiro atoms. The highest BCUT2D eigenvalue weighted by Gasteiger charge is 1.99. The monoisotopic (exact) mass is 358 g/mol. The maximum atomic E-state index is 11.9. The van der Waals surface area contributed by atoms with Gasteiger partial charge in [0.05, 0.1) is 13.2 Å². The third-order valence-electron chi connectivity index (χ3n) is 4.00. The zero-order valence-corrected chi connectivity index (χ0v) is 15.0. The Labute approximate surface area is 159 Å². The lowest BCUT2D eigenvalue weighted by Crippen LogP contribution is -2.20. The second-order valence-corrected chi connectivity index (χ2v) is 6.13. The van der Waals surface area contributed by atoms with E-state index in [1.807, 2.05) is 54.6 Å². The smallest absolute Gasteiger partial charge is 0.244 e. The highest BCUT2D eigenvalue weighted by Crippen LogP contribution is 2.08. The first-order valence-electron chi connectivity index (χ1n) is 8.85. The molecular weight excluding hydrogens is 336 g/mol. The van der Waals surface area contributed by atoms with E-state index in [2.05, 4.69) is 22.4 Å². The summed E-state index contributed by atoms with van der Waals surface area (Å²) < 4.78 is 5.73. The molecule has 0 aliphatic carbocycles. The van der Waals surface area contributed by atoms with Crippen LogP contribution in [-0.2, 0) is 29.3 Å². The van der Waals surface area contributed by atoms with Crippen molar-refractivity contribution in [2.24, 2.45) is 0 Å². The summed E-state index contributed by atoms with van der Waals surface area (Å²) in [4.78, 5) is 15.8. The maximum absolute atomic E-state index is 11.9. The van der Waals surface area contributed by atoms with Crippen molar-refractivity contribution in [1.82, 2.24) is 10.3 Å². The van der Waals surface area contributed by atoms with Crippen LogP contribution >= 0.6 is 0 Å². The van der Waals surface area contributed by atoms with E-state index in [1.54, 1.807) is 18.5 Å². The number of ether oxygens (including phenoxy) is 1. The maximum Gasteiger partial charge on any atom is 0.244 e. The fraction of sp³-hybridized carbons (Fsp3) is 0.130. The molecule has 4 nitrogen and oxygen atoms in total. The van der Waals surface area contributed by atoms with Crippen molar-refractivity contribution in [3.05, 3.63) is 107 Å². The van der Waals surface area contributed by atoms with E-state index in [0.29, 0.717) is 19.8 Å². The molecule has 1 N–H and O–H groups in total. The fourth-order valence-electron chi connectivity index (χ4n) is 2.51. The zero-order chi connectivity index (χ0) is 18.7. The van der Waals surface area contributed by atoms with Crippen LogP contribution < -0.4 is 5.32 Å². The first-order chi connectivity index (χ1) is 13.3. The zero-order valence-electron chi connectivity index (χ0n) is 15.0. The van der Waals surface area contributed by atoms with Gasteiger partial charge in [-0.3, -0.25) is 9.78 Å². The van der Waals surface area contributed by atoms with Crippen molar-refractivity contribution in [1.29, 1.82) is 0 Å². The average molecular weight is 358 g/mol. The van der Waals surface area contributed by atoms with Crippen LogP contribution in [0.15, 0.2) is 85.2 Å². The van der Waals surface area contributed by atoms with Gasteiger partial charge in [-0.1, -0.05) is 54.6 Å². The highest BCUT2D eigenvalue weighted by atomic mass is 16.5. The van der Waals surface area contributed by atoms with Gasteiger partial charge in [-0.25, -0.2) is 0 Å².